The summed E-state index contributed by atoms with van der Waals surface area (Å²) in [5, 5.41) is 0.734. The predicted molar refractivity (Wildman–Crippen MR) is 122 cm³/mol. The van der Waals surface area contributed by atoms with Crippen molar-refractivity contribution >= 4 is 34.3 Å². The first kappa shape index (κ1) is 22.1. The van der Waals surface area contributed by atoms with Crippen LogP contribution in [0.1, 0.15) is 20.3 Å². The van der Waals surface area contributed by atoms with Crippen molar-refractivity contribution in [2.45, 2.75) is 37.2 Å². The van der Waals surface area contributed by atoms with E-state index in [9.17, 15) is 9.59 Å². The first-order valence-corrected chi connectivity index (χ1v) is 11.0. The van der Waals surface area contributed by atoms with Crippen LogP contribution in [0.5, 0.6) is 0 Å². The lowest BCUT2D eigenvalue weighted by atomic mass is 10.2. The van der Waals surface area contributed by atoms with Crippen LogP contribution in [0.2, 0.25) is 0 Å². The third-order valence-corrected chi connectivity index (χ3v) is 5.88. The number of carbonyl (C=O) groups is 1. The summed E-state index contributed by atoms with van der Waals surface area (Å²) in [5.74, 6) is -0.0468. The van der Waals surface area contributed by atoms with E-state index in [1.54, 1.807) is 22.6 Å². The molecule has 1 aromatic heterocycles. The molecule has 3 rings (SSSR count). The molecule has 0 fully saturated rings. The van der Waals surface area contributed by atoms with Crippen molar-refractivity contribution in [3.63, 3.8) is 0 Å². The molecule has 0 radical (unpaired) electrons. The third-order valence-electron chi connectivity index (χ3n) is 4.81. The van der Waals surface area contributed by atoms with E-state index in [0.29, 0.717) is 42.2 Å². The highest BCUT2D eigenvalue weighted by Gasteiger charge is 2.23. The molecular formula is C23H27N3O3S. The molecule has 0 aliphatic heterocycles. The molecule has 0 N–H and O–H groups in total. The summed E-state index contributed by atoms with van der Waals surface area (Å²) in [6, 6.07) is 16.8. The largest absolute Gasteiger partial charge is 0.382 e. The van der Waals surface area contributed by atoms with Crippen LogP contribution < -0.4 is 10.5 Å². The van der Waals surface area contributed by atoms with Crippen molar-refractivity contribution in [1.29, 1.82) is 0 Å². The maximum atomic E-state index is 13.1. The van der Waals surface area contributed by atoms with Crippen molar-refractivity contribution in [3.05, 3.63) is 65.0 Å². The molecule has 1 atom stereocenters. The minimum Gasteiger partial charge on any atom is -0.382 e. The van der Waals surface area contributed by atoms with Crippen molar-refractivity contribution in [3.8, 4) is 0 Å². The van der Waals surface area contributed by atoms with E-state index in [-0.39, 0.29) is 11.5 Å². The average Bonchev–Trinajstić information content (AvgIpc) is 2.78. The number of benzene rings is 2. The second kappa shape index (κ2) is 10.4. The maximum Gasteiger partial charge on any atom is 0.262 e. The fourth-order valence-corrected chi connectivity index (χ4v) is 4.19. The van der Waals surface area contributed by atoms with Gasteiger partial charge in [-0.05, 0) is 44.5 Å². The Morgan fingerprint density at radius 3 is 2.60 bits per heavy atom. The third kappa shape index (κ3) is 5.09. The zero-order valence-electron chi connectivity index (χ0n) is 17.6. The quantitative estimate of drug-likeness (QED) is 0.295. The van der Waals surface area contributed by atoms with Crippen LogP contribution >= 0.6 is 11.8 Å². The van der Waals surface area contributed by atoms with Gasteiger partial charge in [-0.25, -0.2) is 4.98 Å². The lowest BCUT2D eigenvalue weighted by Crippen LogP contribution is -2.34. The van der Waals surface area contributed by atoms with Crippen LogP contribution in [0.3, 0.4) is 0 Å². The topological polar surface area (TPSA) is 64.4 Å². The van der Waals surface area contributed by atoms with Crippen LogP contribution in [-0.4, -0.2) is 41.0 Å². The molecule has 1 amide bonds. The summed E-state index contributed by atoms with van der Waals surface area (Å²) in [4.78, 5) is 32.4. The number of amides is 1. The minimum atomic E-state index is -0.401. The smallest absolute Gasteiger partial charge is 0.262 e. The lowest BCUT2D eigenvalue weighted by molar-refractivity contribution is -0.117. The highest BCUT2D eigenvalue weighted by Crippen LogP contribution is 2.25. The Balaban J connectivity index is 1.87. The first-order chi connectivity index (χ1) is 14.5. The summed E-state index contributed by atoms with van der Waals surface area (Å²) in [6.45, 7) is 5.50. The Labute approximate surface area is 180 Å². The van der Waals surface area contributed by atoms with Gasteiger partial charge >= 0.3 is 0 Å². The highest BCUT2D eigenvalue weighted by atomic mass is 32.2. The molecule has 0 saturated carbocycles. The van der Waals surface area contributed by atoms with Crippen LogP contribution in [0, 0.1) is 0 Å². The van der Waals surface area contributed by atoms with Crippen LogP contribution in [0.4, 0.5) is 5.69 Å². The minimum absolute atomic E-state index is 0.0468. The first-order valence-electron chi connectivity index (χ1n) is 10.1. The van der Waals surface area contributed by atoms with Gasteiger partial charge in [0.1, 0.15) is 0 Å². The number of rotatable bonds is 9. The maximum absolute atomic E-state index is 13.1. The predicted octanol–water partition coefficient (Wildman–Crippen LogP) is 3.97. The van der Waals surface area contributed by atoms with E-state index in [4.69, 9.17) is 9.72 Å². The molecule has 0 aliphatic rings. The second-order valence-electron chi connectivity index (χ2n) is 6.91. The molecule has 0 spiro atoms. The van der Waals surface area contributed by atoms with Crippen LogP contribution in [0.25, 0.3) is 10.9 Å². The molecular weight excluding hydrogens is 398 g/mol. The molecule has 7 heteroatoms. The van der Waals surface area contributed by atoms with E-state index in [0.717, 1.165) is 5.69 Å². The molecule has 0 aliphatic carbocycles. The molecule has 158 valence electrons. The number of carbonyl (C=O) groups excluding carboxylic acids is 1. The number of anilines is 1. The highest BCUT2D eigenvalue weighted by molar-refractivity contribution is 8.00. The van der Waals surface area contributed by atoms with Crippen LogP contribution in [-0.2, 0) is 16.1 Å². The Bertz CT molecular complexity index is 1050. The zero-order chi connectivity index (χ0) is 21.5. The molecule has 2 aromatic carbocycles. The van der Waals surface area contributed by atoms with Gasteiger partial charge in [-0.15, -0.1) is 0 Å². The van der Waals surface area contributed by atoms with Crippen LogP contribution in [0.15, 0.2) is 64.5 Å². The van der Waals surface area contributed by atoms with E-state index in [1.165, 1.54) is 11.8 Å². The van der Waals surface area contributed by atoms with Gasteiger partial charge < -0.3 is 9.64 Å². The molecule has 1 heterocycles. The fraction of sp³-hybridized carbons (Fsp3) is 0.348. The van der Waals surface area contributed by atoms with E-state index in [2.05, 4.69) is 0 Å². The van der Waals surface area contributed by atoms with Crippen molar-refractivity contribution in [1.82, 2.24) is 9.55 Å². The van der Waals surface area contributed by atoms with Gasteiger partial charge in [0.2, 0.25) is 5.91 Å². The van der Waals surface area contributed by atoms with E-state index < -0.39 is 5.25 Å². The number of hydrogen-bond donors (Lipinski definition) is 0. The number of hydrogen-bond acceptors (Lipinski definition) is 5. The van der Waals surface area contributed by atoms with Crippen molar-refractivity contribution < 1.29 is 9.53 Å². The average molecular weight is 426 g/mol. The van der Waals surface area contributed by atoms with Crippen molar-refractivity contribution in [2.24, 2.45) is 0 Å². The molecule has 0 bridgehead atoms. The summed E-state index contributed by atoms with van der Waals surface area (Å²) < 4.78 is 7.08. The number of aromatic nitrogens is 2. The molecule has 6 nitrogen and oxygen atoms in total. The SMILES string of the molecule is CCOCCCn1c(S[C@H](C)C(=O)N(C)c2ccccc2)nc2ccccc2c1=O. The molecule has 30 heavy (non-hydrogen) atoms. The van der Waals surface area contributed by atoms with Gasteiger partial charge in [0.15, 0.2) is 5.16 Å². The summed E-state index contributed by atoms with van der Waals surface area (Å²) >= 11 is 1.31. The summed E-state index contributed by atoms with van der Waals surface area (Å²) in [5.41, 5.74) is 1.38. The molecule has 0 unspecified atom stereocenters. The Morgan fingerprint density at radius 1 is 1.17 bits per heavy atom. The number of para-hydroxylation sites is 2. The Kier molecular flexibility index (Phi) is 7.65. The van der Waals surface area contributed by atoms with Gasteiger partial charge in [0.05, 0.1) is 16.2 Å². The zero-order valence-corrected chi connectivity index (χ0v) is 18.4. The standard InChI is InChI=1S/C23H27N3O3S/c1-4-29-16-10-15-26-22(28)19-13-8-9-14-20(19)24-23(26)30-17(2)21(27)25(3)18-11-6-5-7-12-18/h5-9,11-14,17H,4,10,15-16H2,1-3H3/t17-/m1/s1. The number of thioether (sulfide) groups is 1. The Hall–Kier alpha value is -2.64. The molecule has 3 aromatic rings. The van der Waals surface area contributed by atoms with Gasteiger partial charge in [-0.2, -0.15) is 0 Å². The number of fused-ring (bicyclic) bond motifs is 1. The van der Waals surface area contributed by atoms with E-state index in [1.807, 2.05) is 62.4 Å². The molecule has 0 saturated heterocycles. The fourth-order valence-electron chi connectivity index (χ4n) is 3.16. The van der Waals surface area contributed by atoms with Gasteiger partial charge in [-0.3, -0.25) is 14.2 Å². The second-order valence-corrected chi connectivity index (χ2v) is 8.22. The van der Waals surface area contributed by atoms with Gasteiger partial charge in [0, 0.05) is 32.5 Å². The number of nitrogens with zero attached hydrogens (tertiary/aromatic N) is 3. The van der Waals surface area contributed by atoms with Crippen molar-refractivity contribution in [2.75, 3.05) is 25.2 Å². The Morgan fingerprint density at radius 2 is 1.87 bits per heavy atom. The summed E-state index contributed by atoms with van der Waals surface area (Å²) in [6.07, 6.45) is 0.702. The van der Waals surface area contributed by atoms with Gasteiger partial charge in [0.25, 0.3) is 5.56 Å². The normalized spacial score (nSPS) is 12.1. The number of ether oxygens (including phenoxy) is 1. The summed E-state index contributed by atoms with van der Waals surface area (Å²) in [7, 11) is 1.76. The monoisotopic (exact) mass is 425 g/mol. The lowest BCUT2D eigenvalue weighted by Gasteiger charge is -2.22. The van der Waals surface area contributed by atoms with E-state index >= 15 is 0 Å². The van der Waals surface area contributed by atoms with Gasteiger partial charge in [-0.1, -0.05) is 42.1 Å².